The Bertz CT molecular complexity index is 495. The number of nitrogens with zero attached hydrogens (tertiary/aromatic N) is 1. The standard InChI is InChI=1S/C15H22BrFN2O2/c1-4-19(5-2)9-8-18-15(3,14(20)21)12-7-6-11(16)10-13(12)17/h6-7,10,18H,4-5,8-9H2,1-3H3,(H,20,21). The average molecular weight is 361 g/mol. The molecule has 0 heterocycles. The van der Waals surface area contributed by atoms with Gasteiger partial charge in [-0.3, -0.25) is 5.32 Å². The predicted molar refractivity (Wildman–Crippen MR) is 84.9 cm³/mol. The molecule has 0 aromatic heterocycles. The van der Waals surface area contributed by atoms with Gasteiger partial charge in [0.05, 0.1) is 0 Å². The van der Waals surface area contributed by atoms with Crippen LogP contribution in [0, 0.1) is 5.82 Å². The van der Waals surface area contributed by atoms with E-state index >= 15 is 0 Å². The maximum absolute atomic E-state index is 14.1. The summed E-state index contributed by atoms with van der Waals surface area (Å²) in [6.45, 7) is 8.57. The van der Waals surface area contributed by atoms with Gasteiger partial charge in [-0.2, -0.15) is 0 Å². The van der Waals surface area contributed by atoms with E-state index in [1.54, 1.807) is 6.07 Å². The molecule has 0 fully saturated rings. The van der Waals surface area contributed by atoms with Crippen molar-refractivity contribution in [3.63, 3.8) is 0 Å². The van der Waals surface area contributed by atoms with Gasteiger partial charge in [0.25, 0.3) is 0 Å². The van der Waals surface area contributed by atoms with Gasteiger partial charge in [0, 0.05) is 23.1 Å². The highest BCUT2D eigenvalue weighted by Crippen LogP contribution is 2.26. The van der Waals surface area contributed by atoms with E-state index in [1.807, 2.05) is 13.8 Å². The molecule has 0 saturated carbocycles. The first-order chi connectivity index (χ1) is 9.85. The van der Waals surface area contributed by atoms with Gasteiger partial charge in [-0.15, -0.1) is 0 Å². The summed E-state index contributed by atoms with van der Waals surface area (Å²) in [5.74, 6) is -1.63. The molecule has 21 heavy (non-hydrogen) atoms. The van der Waals surface area contributed by atoms with Crippen molar-refractivity contribution < 1.29 is 14.3 Å². The lowest BCUT2D eigenvalue weighted by molar-refractivity contribution is -0.144. The largest absolute Gasteiger partial charge is 0.480 e. The number of hydrogen-bond acceptors (Lipinski definition) is 3. The molecule has 0 saturated heterocycles. The van der Waals surface area contributed by atoms with Crippen molar-refractivity contribution in [1.82, 2.24) is 10.2 Å². The number of rotatable bonds is 8. The lowest BCUT2D eigenvalue weighted by atomic mass is 9.91. The number of carbonyl (C=O) groups is 1. The van der Waals surface area contributed by atoms with Crippen LogP contribution in [0.25, 0.3) is 0 Å². The fourth-order valence-corrected chi connectivity index (χ4v) is 2.52. The summed E-state index contributed by atoms with van der Waals surface area (Å²) in [6.07, 6.45) is 0. The predicted octanol–water partition coefficient (Wildman–Crippen LogP) is 2.82. The Morgan fingerprint density at radius 1 is 1.43 bits per heavy atom. The van der Waals surface area contributed by atoms with E-state index in [4.69, 9.17) is 0 Å². The van der Waals surface area contributed by atoms with Crippen molar-refractivity contribution in [3.05, 3.63) is 34.1 Å². The van der Waals surface area contributed by atoms with Crippen LogP contribution >= 0.6 is 15.9 Å². The van der Waals surface area contributed by atoms with E-state index in [2.05, 4.69) is 26.1 Å². The van der Waals surface area contributed by atoms with Gasteiger partial charge in [-0.1, -0.05) is 35.8 Å². The quantitative estimate of drug-likeness (QED) is 0.748. The van der Waals surface area contributed by atoms with Crippen molar-refractivity contribution in [3.8, 4) is 0 Å². The van der Waals surface area contributed by atoms with E-state index < -0.39 is 17.3 Å². The first-order valence-electron chi connectivity index (χ1n) is 7.01. The molecule has 1 unspecified atom stereocenters. The van der Waals surface area contributed by atoms with Crippen molar-refractivity contribution in [2.24, 2.45) is 0 Å². The minimum Gasteiger partial charge on any atom is -0.480 e. The zero-order valence-corrected chi connectivity index (χ0v) is 14.2. The number of benzene rings is 1. The highest BCUT2D eigenvalue weighted by Gasteiger charge is 2.37. The van der Waals surface area contributed by atoms with Crippen molar-refractivity contribution in [1.29, 1.82) is 0 Å². The second-order valence-corrected chi connectivity index (χ2v) is 5.92. The molecule has 0 spiro atoms. The second-order valence-electron chi connectivity index (χ2n) is 5.01. The third-order valence-corrected chi connectivity index (χ3v) is 4.19. The first-order valence-corrected chi connectivity index (χ1v) is 7.80. The fraction of sp³-hybridized carbons (Fsp3) is 0.533. The zero-order valence-electron chi connectivity index (χ0n) is 12.6. The lowest BCUT2D eigenvalue weighted by Gasteiger charge is -2.29. The van der Waals surface area contributed by atoms with Gasteiger partial charge in [0.2, 0.25) is 0 Å². The van der Waals surface area contributed by atoms with E-state index in [9.17, 15) is 14.3 Å². The Labute approximate surface area is 133 Å². The van der Waals surface area contributed by atoms with Crippen molar-refractivity contribution >= 4 is 21.9 Å². The summed E-state index contributed by atoms with van der Waals surface area (Å²) >= 11 is 3.18. The molecular formula is C15H22BrFN2O2. The summed E-state index contributed by atoms with van der Waals surface area (Å²) in [5.41, 5.74) is -1.31. The Hall–Kier alpha value is -0.980. The summed E-state index contributed by atoms with van der Waals surface area (Å²) in [4.78, 5) is 13.8. The molecule has 0 aliphatic heterocycles. The molecule has 0 aliphatic rings. The van der Waals surface area contributed by atoms with Gasteiger partial charge in [-0.25, -0.2) is 9.18 Å². The molecule has 2 N–H and O–H groups in total. The van der Waals surface area contributed by atoms with E-state index in [0.717, 1.165) is 13.1 Å². The first kappa shape index (κ1) is 18.1. The lowest BCUT2D eigenvalue weighted by Crippen LogP contribution is -2.49. The third kappa shape index (κ3) is 4.49. The normalized spacial score (nSPS) is 14.2. The van der Waals surface area contributed by atoms with Crippen LogP contribution in [0.3, 0.4) is 0 Å². The summed E-state index contributed by atoms with van der Waals surface area (Å²) in [6, 6.07) is 4.42. The summed E-state index contributed by atoms with van der Waals surface area (Å²) < 4.78 is 14.7. The molecule has 0 bridgehead atoms. The maximum Gasteiger partial charge on any atom is 0.328 e. The molecular weight excluding hydrogens is 339 g/mol. The molecule has 118 valence electrons. The minimum absolute atomic E-state index is 0.137. The van der Waals surface area contributed by atoms with Gasteiger partial charge in [0.15, 0.2) is 0 Å². The molecule has 4 nitrogen and oxygen atoms in total. The number of nitrogens with one attached hydrogen (secondary N) is 1. The molecule has 0 aliphatic carbocycles. The molecule has 0 radical (unpaired) electrons. The minimum atomic E-state index is -1.45. The van der Waals surface area contributed by atoms with Gasteiger partial charge >= 0.3 is 5.97 Å². The number of carboxylic acid groups (broad SMARTS) is 1. The Morgan fingerprint density at radius 2 is 2.05 bits per heavy atom. The molecule has 1 aromatic carbocycles. The van der Waals surface area contributed by atoms with Gasteiger partial charge in [-0.05, 0) is 32.1 Å². The maximum atomic E-state index is 14.1. The van der Waals surface area contributed by atoms with Crippen LogP contribution in [0.1, 0.15) is 26.3 Å². The molecule has 1 aromatic rings. The van der Waals surface area contributed by atoms with Crippen LogP contribution in [-0.2, 0) is 10.3 Å². The number of halogens is 2. The zero-order chi connectivity index (χ0) is 16.0. The third-order valence-electron chi connectivity index (χ3n) is 3.70. The van der Waals surface area contributed by atoms with Crippen molar-refractivity contribution in [2.45, 2.75) is 26.3 Å². The van der Waals surface area contributed by atoms with Crippen molar-refractivity contribution in [2.75, 3.05) is 26.2 Å². The Kier molecular flexibility index (Phi) is 6.77. The Morgan fingerprint density at radius 3 is 2.52 bits per heavy atom. The highest BCUT2D eigenvalue weighted by atomic mass is 79.9. The number of aliphatic carboxylic acids is 1. The fourth-order valence-electron chi connectivity index (χ4n) is 2.18. The van der Waals surface area contributed by atoms with Crippen LogP contribution in [-0.4, -0.2) is 42.2 Å². The number of hydrogen-bond donors (Lipinski definition) is 2. The van der Waals surface area contributed by atoms with E-state index in [0.29, 0.717) is 17.6 Å². The summed E-state index contributed by atoms with van der Waals surface area (Å²) in [7, 11) is 0. The highest BCUT2D eigenvalue weighted by molar-refractivity contribution is 9.10. The second kappa shape index (κ2) is 7.87. The molecule has 0 amide bonds. The molecule has 1 atom stereocenters. The number of carboxylic acids is 1. The number of likely N-dealkylation sites (N-methyl/N-ethyl adjacent to an activating group) is 1. The molecule has 6 heteroatoms. The molecule has 1 rings (SSSR count). The smallest absolute Gasteiger partial charge is 0.328 e. The van der Waals surface area contributed by atoms with Crippen LogP contribution in [0.2, 0.25) is 0 Å². The Balaban J connectivity index is 2.90. The average Bonchev–Trinajstić information content (AvgIpc) is 2.43. The van der Waals surface area contributed by atoms with Crippen LogP contribution in [0.15, 0.2) is 22.7 Å². The van der Waals surface area contributed by atoms with Crippen LogP contribution in [0.4, 0.5) is 4.39 Å². The van der Waals surface area contributed by atoms with Gasteiger partial charge in [0.1, 0.15) is 11.4 Å². The van der Waals surface area contributed by atoms with Gasteiger partial charge < -0.3 is 10.0 Å². The summed E-state index contributed by atoms with van der Waals surface area (Å²) in [5, 5.41) is 12.5. The van der Waals surface area contributed by atoms with Crippen LogP contribution < -0.4 is 5.32 Å². The SMILES string of the molecule is CCN(CC)CCNC(C)(C(=O)O)c1ccc(Br)cc1F. The topological polar surface area (TPSA) is 52.6 Å². The monoisotopic (exact) mass is 360 g/mol. The van der Waals surface area contributed by atoms with Crippen LogP contribution in [0.5, 0.6) is 0 Å². The van der Waals surface area contributed by atoms with E-state index in [-0.39, 0.29) is 5.56 Å². The van der Waals surface area contributed by atoms with E-state index in [1.165, 1.54) is 19.1 Å².